The first-order chi connectivity index (χ1) is 19.2. The van der Waals surface area contributed by atoms with E-state index in [4.69, 9.17) is 14.5 Å². The van der Waals surface area contributed by atoms with Crippen molar-refractivity contribution in [1.82, 2.24) is 14.5 Å². The van der Waals surface area contributed by atoms with Gasteiger partial charge in [-0.15, -0.1) is 17.5 Å². The van der Waals surface area contributed by atoms with Gasteiger partial charge in [0.2, 0.25) is 5.88 Å². The van der Waals surface area contributed by atoms with Crippen LogP contribution in [0.3, 0.4) is 0 Å². The van der Waals surface area contributed by atoms with Crippen LogP contribution in [-0.2, 0) is 21.1 Å². The Morgan fingerprint density at radius 3 is 2.42 bits per heavy atom. The summed E-state index contributed by atoms with van der Waals surface area (Å²) in [6.45, 7) is 0. The minimum atomic E-state index is 0. The number of aromatic nitrogens is 3. The van der Waals surface area contributed by atoms with Crippen molar-refractivity contribution >= 4 is 32.7 Å². The van der Waals surface area contributed by atoms with Crippen LogP contribution in [0.5, 0.6) is 23.1 Å². The molecule has 0 aliphatic rings. The number of phenolic OH excluding ortho intramolecular Hbond substituents is 1. The van der Waals surface area contributed by atoms with Crippen molar-refractivity contribution in [3.05, 3.63) is 115 Å². The molecule has 0 bridgehead atoms. The van der Waals surface area contributed by atoms with Crippen LogP contribution in [0.25, 0.3) is 49.7 Å². The summed E-state index contributed by atoms with van der Waals surface area (Å²) in [5.41, 5.74) is 4.48. The fourth-order valence-electron chi connectivity index (χ4n) is 5.03. The van der Waals surface area contributed by atoms with E-state index in [9.17, 15) is 5.11 Å². The average Bonchev–Trinajstić information content (AvgIpc) is 3.32. The van der Waals surface area contributed by atoms with Gasteiger partial charge in [-0.1, -0.05) is 54.0 Å². The van der Waals surface area contributed by atoms with Gasteiger partial charge in [0, 0.05) is 50.0 Å². The van der Waals surface area contributed by atoms with Crippen LogP contribution in [0.15, 0.2) is 109 Å². The van der Waals surface area contributed by atoms with Crippen molar-refractivity contribution < 1.29 is 35.6 Å². The summed E-state index contributed by atoms with van der Waals surface area (Å²) in [7, 11) is 1.59. The second kappa shape index (κ2) is 10.5. The summed E-state index contributed by atoms with van der Waals surface area (Å²) in [5.74, 6) is 2.31. The first kappa shape index (κ1) is 25.6. The predicted molar refractivity (Wildman–Crippen MR) is 153 cm³/mol. The molecule has 3 heterocycles. The number of methoxy groups -OCH3 is 1. The summed E-state index contributed by atoms with van der Waals surface area (Å²) < 4.78 is 13.7. The van der Waals surface area contributed by atoms with Crippen molar-refractivity contribution in [2.45, 2.75) is 0 Å². The monoisotopic (exact) mass is 703 g/mol. The zero-order valence-corrected chi connectivity index (χ0v) is 23.6. The number of nitrogens with zero attached hydrogens (tertiary/aromatic N) is 3. The number of hydrogen-bond acceptors (Lipinski definition) is 5. The Bertz CT molecular complexity index is 2000. The largest absolute Gasteiger partial charge is 0.506 e. The quantitative estimate of drug-likeness (QED) is 0.186. The number of rotatable bonds is 5. The Morgan fingerprint density at radius 2 is 1.57 bits per heavy atom. The van der Waals surface area contributed by atoms with E-state index in [2.05, 4.69) is 45.9 Å². The van der Waals surface area contributed by atoms with Crippen molar-refractivity contribution in [3.8, 4) is 40.1 Å². The minimum Gasteiger partial charge on any atom is -0.506 e. The van der Waals surface area contributed by atoms with E-state index in [1.54, 1.807) is 25.3 Å². The zero-order valence-electron chi connectivity index (χ0n) is 21.3. The Hall–Kier alpha value is -4.67. The van der Waals surface area contributed by atoms with Crippen molar-refractivity contribution in [3.63, 3.8) is 0 Å². The smallest absolute Gasteiger partial charge is 0.217 e. The van der Waals surface area contributed by atoms with E-state index in [1.807, 2.05) is 60.8 Å². The molecule has 0 aliphatic heterocycles. The van der Waals surface area contributed by atoms with Gasteiger partial charge in [0.25, 0.3) is 0 Å². The van der Waals surface area contributed by atoms with Crippen LogP contribution in [-0.4, -0.2) is 26.8 Å². The molecule has 6 nitrogen and oxygen atoms in total. The third kappa shape index (κ3) is 4.37. The number of benzene rings is 4. The van der Waals surface area contributed by atoms with Crippen molar-refractivity contribution in [1.29, 1.82) is 0 Å². The Morgan fingerprint density at radius 1 is 0.775 bits per heavy atom. The van der Waals surface area contributed by atoms with E-state index in [0.717, 1.165) is 38.8 Å². The normalized spacial score (nSPS) is 11.0. The van der Waals surface area contributed by atoms with Gasteiger partial charge in [0.15, 0.2) is 0 Å². The number of aromatic hydroxyl groups is 1. The third-order valence-corrected chi connectivity index (χ3v) is 6.84. The molecule has 4 aromatic carbocycles. The minimum absolute atomic E-state index is 0. The van der Waals surface area contributed by atoms with Crippen LogP contribution < -0.4 is 9.47 Å². The molecule has 0 spiro atoms. The molecule has 0 radical (unpaired) electrons. The summed E-state index contributed by atoms with van der Waals surface area (Å²) in [6, 6.07) is 36.8. The van der Waals surface area contributed by atoms with Crippen LogP contribution in [0.2, 0.25) is 0 Å². The Labute approximate surface area is 244 Å². The second-order valence-corrected chi connectivity index (χ2v) is 9.14. The van der Waals surface area contributed by atoms with E-state index in [0.29, 0.717) is 28.3 Å². The standard InChI is InChI=1S/C33H22N3O3.Pt/c1-38-30-15-14-29(37)33-26(30)13-16-32(35-33)39-23-11-12-25-24-9-5-6-10-27(24)36(28(25)20-23)31-19-22(17-18-34-31)21-7-3-2-4-8-21;/h2-19,37H,1H3;/q-1;. The Kier molecular flexibility index (Phi) is 6.70. The van der Waals surface area contributed by atoms with Gasteiger partial charge in [0.1, 0.15) is 22.8 Å². The molecule has 0 saturated carbocycles. The SMILES string of the molecule is COc1ccc(O)c2nc(Oc3[c-]c4c(cc3)c3ccccc3n4-c3cc(-c4ccccc4)ccn3)ccc12.[Pt]. The molecule has 0 fully saturated rings. The van der Waals surface area contributed by atoms with Gasteiger partial charge < -0.3 is 19.1 Å². The maximum Gasteiger partial charge on any atom is 0.217 e. The summed E-state index contributed by atoms with van der Waals surface area (Å²) in [5, 5.41) is 13.2. The molecule has 0 aliphatic carbocycles. The van der Waals surface area contributed by atoms with Crippen LogP contribution >= 0.6 is 0 Å². The van der Waals surface area contributed by atoms with Crippen molar-refractivity contribution in [2.75, 3.05) is 7.11 Å². The molecule has 3 aromatic heterocycles. The third-order valence-electron chi connectivity index (χ3n) is 6.84. The molecule has 7 rings (SSSR count). The summed E-state index contributed by atoms with van der Waals surface area (Å²) in [6.07, 6.45) is 1.83. The maximum atomic E-state index is 10.4. The maximum absolute atomic E-state index is 10.4. The molecule has 1 N–H and O–H groups in total. The molecule has 0 unspecified atom stereocenters. The fraction of sp³-hybridized carbons (Fsp3) is 0.0303. The zero-order chi connectivity index (χ0) is 26.3. The molecule has 40 heavy (non-hydrogen) atoms. The summed E-state index contributed by atoms with van der Waals surface area (Å²) in [4.78, 5) is 9.27. The number of hydrogen-bond donors (Lipinski definition) is 1. The molecule has 198 valence electrons. The van der Waals surface area contributed by atoms with E-state index in [-0.39, 0.29) is 26.8 Å². The summed E-state index contributed by atoms with van der Waals surface area (Å²) >= 11 is 0. The van der Waals surface area contributed by atoms with Gasteiger partial charge in [-0.2, -0.15) is 6.07 Å². The van der Waals surface area contributed by atoms with Crippen LogP contribution in [0.1, 0.15) is 0 Å². The first-order valence-electron chi connectivity index (χ1n) is 12.5. The van der Waals surface area contributed by atoms with Gasteiger partial charge in [0.05, 0.1) is 7.11 Å². The molecular formula is C33H22N3O3Pt-. The topological polar surface area (TPSA) is 69.4 Å². The van der Waals surface area contributed by atoms with E-state index >= 15 is 0 Å². The second-order valence-electron chi connectivity index (χ2n) is 9.14. The number of ether oxygens (including phenoxy) is 2. The molecule has 0 saturated heterocycles. The first-order valence-corrected chi connectivity index (χ1v) is 12.5. The number of fused-ring (bicyclic) bond motifs is 4. The number of para-hydroxylation sites is 1. The Balaban J connectivity index is 0.00000289. The molecule has 7 aromatic rings. The number of pyridine rings is 2. The number of phenols is 1. The molecule has 7 heteroatoms. The fourth-order valence-corrected chi connectivity index (χ4v) is 5.03. The van der Waals surface area contributed by atoms with E-state index in [1.165, 1.54) is 0 Å². The van der Waals surface area contributed by atoms with Gasteiger partial charge >= 0.3 is 0 Å². The van der Waals surface area contributed by atoms with Crippen LogP contribution in [0, 0.1) is 6.07 Å². The van der Waals surface area contributed by atoms with Crippen molar-refractivity contribution in [2.24, 2.45) is 0 Å². The molecular weight excluding hydrogens is 681 g/mol. The van der Waals surface area contributed by atoms with E-state index < -0.39 is 0 Å². The predicted octanol–water partition coefficient (Wildman–Crippen LogP) is 7.70. The van der Waals surface area contributed by atoms with Gasteiger partial charge in [-0.3, -0.25) is 0 Å². The molecule has 0 atom stereocenters. The average molecular weight is 704 g/mol. The van der Waals surface area contributed by atoms with Gasteiger partial charge in [-0.25, -0.2) is 9.97 Å². The van der Waals surface area contributed by atoms with Crippen LogP contribution in [0.4, 0.5) is 0 Å². The molecule has 0 amide bonds. The van der Waals surface area contributed by atoms with Gasteiger partial charge in [-0.05, 0) is 52.9 Å².